The van der Waals surface area contributed by atoms with Gasteiger partial charge in [-0.2, -0.15) is 0 Å². The van der Waals surface area contributed by atoms with E-state index in [9.17, 15) is 4.79 Å². The van der Waals surface area contributed by atoms with Gasteiger partial charge in [-0.1, -0.05) is 13.8 Å². The van der Waals surface area contributed by atoms with Crippen molar-refractivity contribution in [2.75, 3.05) is 0 Å². The van der Waals surface area contributed by atoms with E-state index in [2.05, 4.69) is 23.4 Å². The number of carbonyl (C=O) groups is 1. The molecule has 20 heavy (non-hydrogen) atoms. The summed E-state index contributed by atoms with van der Waals surface area (Å²) in [4.78, 5) is 15.7. The van der Waals surface area contributed by atoms with Gasteiger partial charge in [0.05, 0.1) is 16.6 Å². The number of rotatable bonds is 5. The second kappa shape index (κ2) is 4.62. The monoisotopic (exact) mass is 272 g/mol. The van der Waals surface area contributed by atoms with E-state index in [1.807, 2.05) is 6.07 Å². The third-order valence-electron chi connectivity index (χ3n) is 4.19. The number of hydrogen-bond donors (Lipinski definition) is 1. The van der Waals surface area contributed by atoms with E-state index >= 15 is 0 Å². The number of fused-ring (bicyclic) bond motifs is 1. The highest BCUT2D eigenvalue weighted by Crippen LogP contribution is 2.47. The minimum atomic E-state index is -0.896. The van der Waals surface area contributed by atoms with Gasteiger partial charge in [0, 0.05) is 13.0 Å². The molecular weight excluding hydrogens is 252 g/mol. The topological polar surface area (TPSA) is 55.1 Å². The maximum absolute atomic E-state index is 11.1. The minimum Gasteiger partial charge on any atom is -0.478 e. The van der Waals surface area contributed by atoms with Crippen molar-refractivity contribution in [1.82, 2.24) is 9.55 Å². The summed E-state index contributed by atoms with van der Waals surface area (Å²) >= 11 is 0. The van der Waals surface area contributed by atoms with Crippen LogP contribution in [0.1, 0.15) is 49.3 Å². The lowest BCUT2D eigenvalue weighted by Gasteiger charge is -2.13. The maximum atomic E-state index is 11.1. The van der Waals surface area contributed by atoms with E-state index in [-0.39, 0.29) is 0 Å². The Morgan fingerprint density at radius 3 is 2.80 bits per heavy atom. The van der Waals surface area contributed by atoms with E-state index in [1.54, 1.807) is 12.1 Å². The van der Waals surface area contributed by atoms with Gasteiger partial charge in [0.15, 0.2) is 0 Å². The molecule has 106 valence electrons. The smallest absolute Gasteiger partial charge is 0.335 e. The van der Waals surface area contributed by atoms with Crippen molar-refractivity contribution < 1.29 is 9.90 Å². The Kier molecular flexibility index (Phi) is 3.04. The van der Waals surface area contributed by atoms with Crippen molar-refractivity contribution in [3.8, 4) is 0 Å². The number of aryl methyl sites for hydroxylation is 1. The van der Waals surface area contributed by atoms with Crippen molar-refractivity contribution in [2.24, 2.45) is 5.41 Å². The molecule has 0 radical (unpaired) electrons. The Bertz CT molecular complexity index is 668. The summed E-state index contributed by atoms with van der Waals surface area (Å²) in [6, 6.07) is 5.26. The Morgan fingerprint density at radius 1 is 1.45 bits per heavy atom. The van der Waals surface area contributed by atoms with E-state index in [4.69, 9.17) is 5.11 Å². The van der Waals surface area contributed by atoms with Crippen LogP contribution in [-0.4, -0.2) is 20.6 Å². The van der Waals surface area contributed by atoms with Crippen LogP contribution in [0.15, 0.2) is 18.2 Å². The molecular formula is C16H20N2O2. The predicted molar refractivity (Wildman–Crippen MR) is 78.0 cm³/mol. The van der Waals surface area contributed by atoms with Crippen molar-refractivity contribution in [1.29, 1.82) is 0 Å². The van der Waals surface area contributed by atoms with E-state index in [0.717, 1.165) is 36.2 Å². The molecule has 0 aliphatic heterocycles. The fraction of sp³-hybridized carbons (Fsp3) is 0.500. The van der Waals surface area contributed by atoms with Gasteiger partial charge in [0.1, 0.15) is 5.82 Å². The Balaban J connectivity index is 2.09. The molecule has 4 nitrogen and oxygen atoms in total. The molecule has 0 unspecified atom stereocenters. The summed E-state index contributed by atoms with van der Waals surface area (Å²) in [7, 11) is 0. The summed E-state index contributed by atoms with van der Waals surface area (Å²) in [5.74, 6) is 0.186. The van der Waals surface area contributed by atoms with E-state index in [1.165, 1.54) is 12.8 Å². The van der Waals surface area contributed by atoms with Crippen LogP contribution >= 0.6 is 0 Å². The first-order valence-electron chi connectivity index (χ1n) is 7.25. The lowest BCUT2D eigenvalue weighted by atomic mass is 10.1. The lowest BCUT2D eigenvalue weighted by Crippen LogP contribution is -2.11. The minimum absolute atomic E-state index is 0.308. The number of nitrogens with zero attached hydrogens (tertiary/aromatic N) is 2. The summed E-state index contributed by atoms with van der Waals surface area (Å²) in [5.41, 5.74) is 2.58. The number of benzene rings is 1. The Hall–Kier alpha value is -1.84. The molecule has 1 N–H and O–H groups in total. The van der Waals surface area contributed by atoms with E-state index in [0.29, 0.717) is 11.0 Å². The summed E-state index contributed by atoms with van der Waals surface area (Å²) < 4.78 is 2.29. The zero-order valence-electron chi connectivity index (χ0n) is 12.0. The van der Waals surface area contributed by atoms with Gasteiger partial charge in [0.25, 0.3) is 0 Å². The molecule has 0 atom stereocenters. The van der Waals surface area contributed by atoms with Crippen molar-refractivity contribution in [2.45, 2.75) is 46.1 Å². The highest BCUT2D eigenvalue weighted by Gasteiger charge is 2.38. The fourth-order valence-electron chi connectivity index (χ4n) is 2.66. The molecule has 1 aliphatic carbocycles. The molecule has 1 aromatic carbocycles. The largest absolute Gasteiger partial charge is 0.478 e. The number of hydrogen-bond acceptors (Lipinski definition) is 2. The lowest BCUT2D eigenvalue weighted by molar-refractivity contribution is 0.0697. The molecule has 1 fully saturated rings. The van der Waals surface area contributed by atoms with Crippen LogP contribution in [0.4, 0.5) is 0 Å². The van der Waals surface area contributed by atoms with Gasteiger partial charge in [-0.15, -0.1) is 0 Å². The Morgan fingerprint density at radius 2 is 2.20 bits per heavy atom. The van der Waals surface area contributed by atoms with Crippen molar-refractivity contribution in [3.05, 3.63) is 29.6 Å². The second-order valence-corrected chi connectivity index (χ2v) is 6.18. The van der Waals surface area contributed by atoms with Crippen molar-refractivity contribution in [3.63, 3.8) is 0 Å². The van der Waals surface area contributed by atoms with Gasteiger partial charge in [-0.05, 0) is 42.9 Å². The summed E-state index contributed by atoms with van der Waals surface area (Å²) in [6.07, 6.45) is 4.52. The summed E-state index contributed by atoms with van der Waals surface area (Å²) in [6.45, 7) is 5.44. The number of carboxylic acids is 1. The molecule has 4 heteroatoms. The normalized spacial score (nSPS) is 16.5. The SMILES string of the molecule is CCCc1nc2cc(C(=O)O)ccc2n1CC1(C)CC1. The molecule has 1 aliphatic rings. The number of aromatic nitrogens is 2. The van der Waals surface area contributed by atoms with Crippen LogP contribution in [0.3, 0.4) is 0 Å². The van der Waals surface area contributed by atoms with E-state index < -0.39 is 5.97 Å². The number of imidazole rings is 1. The van der Waals surface area contributed by atoms with Crippen molar-refractivity contribution >= 4 is 17.0 Å². The fourth-order valence-corrected chi connectivity index (χ4v) is 2.66. The van der Waals surface area contributed by atoms with Crippen LogP contribution in [0, 0.1) is 5.41 Å². The molecule has 2 aromatic rings. The molecule has 1 heterocycles. The molecule has 1 aromatic heterocycles. The second-order valence-electron chi connectivity index (χ2n) is 6.18. The van der Waals surface area contributed by atoms with Gasteiger partial charge in [-0.3, -0.25) is 0 Å². The zero-order valence-corrected chi connectivity index (χ0v) is 12.0. The highest BCUT2D eigenvalue weighted by molar-refractivity contribution is 5.92. The molecule has 0 bridgehead atoms. The van der Waals surface area contributed by atoms with Gasteiger partial charge in [0.2, 0.25) is 0 Å². The molecule has 0 spiro atoms. The summed E-state index contributed by atoms with van der Waals surface area (Å²) in [5, 5.41) is 9.09. The maximum Gasteiger partial charge on any atom is 0.335 e. The number of aromatic carboxylic acids is 1. The van der Waals surface area contributed by atoms with Crippen LogP contribution in [0.25, 0.3) is 11.0 Å². The average Bonchev–Trinajstić information content (AvgIpc) is 3.04. The van der Waals surface area contributed by atoms with Crippen LogP contribution in [0.5, 0.6) is 0 Å². The molecule has 0 amide bonds. The Labute approximate surface area is 118 Å². The van der Waals surface area contributed by atoms with Crippen LogP contribution in [-0.2, 0) is 13.0 Å². The van der Waals surface area contributed by atoms with Crippen LogP contribution < -0.4 is 0 Å². The quantitative estimate of drug-likeness (QED) is 0.906. The van der Waals surface area contributed by atoms with Crippen LogP contribution in [0.2, 0.25) is 0 Å². The first-order chi connectivity index (χ1) is 9.52. The first-order valence-corrected chi connectivity index (χ1v) is 7.25. The molecule has 0 saturated heterocycles. The number of carboxylic acid groups (broad SMARTS) is 1. The standard InChI is InChI=1S/C16H20N2O2/c1-3-4-14-17-12-9-11(15(19)20)5-6-13(12)18(14)10-16(2)7-8-16/h5-6,9H,3-4,7-8,10H2,1-2H3,(H,19,20). The zero-order chi connectivity index (χ0) is 14.3. The third-order valence-corrected chi connectivity index (χ3v) is 4.19. The van der Waals surface area contributed by atoms with Gasteiger partial charge >= 0.3 is 5.97 Å². The predicted octanol–water partition coefficient (Wildman–Crippen LogP) is 3.49. The molecule has 3 rings (SSSR count). The third kappa shape index (κ3) is 2.30. The molecule has 1 saturated carbocycles. The van der Waals surface area contributed by atoms with Gasteiger partial charge in [-0.25, -0.2) is 9.78 Å². The first kappa shape index (κ1) is 13.2. The average molecular weight is 272 g/mol. The van der Waals surface area contributed by atoms with Gasteiger partial charge < -0.3 is 9.67 Å². The highest BCUT2D eigenvalue weighted by atomic mass is 16.4.